The van der Waals surface area contributed by atoms with E-state index in [2.05, 4.69) is 11.4 Å². The third-order valence-corrected chi connectivity index (χ3v) is 4.39. The Bertz CT molecular complexity index is 850. The number of nitrogens with zero attached hydrogens (tertiary/aromatic N) is 1. The first-order valence-electron chi connectivity index (χ1n) is 8.99. The molecule has 1 N–H and O–H groups in total. The lowest BCUT2D eigenvalue weighted by molar-refractivity contribution is -0.128. The highest BCUT2D eigenvalue weighted by Gasteiger charge is 2.32. The van der Waals surface area contributed by atoms with Gasteiger partial charge in [-0.25, -0.2) is 0 Å². The minimum Gasteiger partial charge on any atom is -0.491 e. The highest BCUT2D eigenvalue weighted by Crippen LogP contribution is 2.33. The summed E-state index contributed by atoms with van der Waals surface area (Å²) in [6.45, 7) is 6.38. The molecule has 0 radical (unpaired) electrons. The Kier molecular flexibility index (Phi) is 5.64. The van der Waals surface area contributed by atoms with E-state index in [4.69, 9.17) is 9.47 Å². The highest BCUT2D eigenvalue weighted by molar-refractivity contribution is 6.03. The molecule has 0 saturated heterocycles. The van der Waals surface area contributed by atoms with E-state index in [9.17, 15) is 9.59 Å². The molecule has 1 heterocycles. The number of aryl methyl sites for hydroxylation is 2. The second-order valence-corrected chi connectivity index (χ2v) is 6.62. The molecule has 3 rings (SSSR count). The first kappa shape index (κ1) is 18.8. The Labute approximate surface area is 159 Å². The van der Waals surface area contributed by atoms with Gasteiger partial charge in [0.15, 0.2) is 6.10 Å². The molecule has 0 aromatic heterocycles. The number of hydrogen-bond acceptors (Lipinski definition) is 4. The molecule has 1 unspecified atom stereocenters. The van der Waals surface area contributed by atoms with Gasteiger partial charge in [-0.15, -0.1) is 0 Å². The van der Waals surface area contributed by atoms with Gasteiger partial charge in [0, 0.05) is 0 Å². The summed E-state index contributed by atoms with van der Waals surface area (Å²) in [6, 6.07) is 13.2. The fourth-order valence-electron chi connectivity index (χ4n) is 3.03. The van der Waals surface area contributed by atoms with Gasteiger partial charge in [-0.3, -0.25) is 14.5 Å². The fraction of sp³-hybridized carbons (Fsp3) is 0.333. The molecule has 1 atom stereocenters. The smallest absolute Gasteiger partial charge is 0.268 e. The van der Waals surface area contributed by atoms with E-state index < -0.39 is 6.10 Å². The average Bonchev–Trinajstić information content (AvgIpc) is 2.64. The number of carbonyl (C=O) groups is 2. The van der Waals surface area contributed by atoms with Gasteiger partial charge >= 0.3 is 0 Å². The summed E-state index contributed by atoms with van der Waals surface area (Å²) in [7, 11) is 0. The lowest BCUT2D eigenvalue weighted by atomic mass is 10.1. The van der Waals surface area contributed by atoms with Gasteiger partial charge < -0.3 is 14.8 Å². The van der Waals surface area contributed by atoms with E-state index in [1.165, 1.54) is 10.5 Å². The Hall–Kier alpha value is -3.02. The summed E-state index contributed by atoms with van der Waals surface area (Å²) in [5.41, 5.74) is 2.85. The van der Waals surface area contributed by atoms with Gasteiger partial charge in [-0.2, -0.15) is 0 Å². The van der Waals surface area contributed by atoms with E-state index in [1.807, 2.05) is 38.1 Å². The van der Waals surface area contributed by atoms with Crippen LogP contribution in [0, 0.1) is 13.8 Å². The standard InChI is InChI=1S/C21H24N2O4/c1-14-8-9-18(15(2)12-14)26-11-10-22-20(24)13-23-17-6-4-5-7-19(17)27-16(3)21(23)25/h4-9,12,16H,10-11,13H2,1-3H3,(H,22,24). The first-order valence-corrected chi connectivity index (χ1v) is 8.99. The Balaban J connectivity index is 1.52. The third-order valence-electron chi connectivity index (χ3n) is 4.39. The minimum atomic E-state index is -0.611. The summed E-state index contributed by atoms with van der Waals surface area (Å²) < 4.78 is 11.3. The number of amides is 2. The zero-order valence-corrected chi connectivity index (χ0v) is 15.8. The van der Waals surface area contributed by atoms with Gasteiger partial charge in [0.05, 0.1) is 12.2 Å². The van der Waals surface area contributed by atoms with Crippen LogP contribution >= 0.6 is 0 Å². The molecule has 0 spiro atoms. The molecule has 0 bridgehead atoms. The van der Waals surface area contributed by atoms with E-state index >= 15 is 0 Å². The van der Waals surface area contributed by atoms with Crippen molar-refractivity contribution < 1.29 is 19.1 Å². The largest absolute Gasteiger partial charge is 0.491 e. The Morgan fingerprint density at radius 3 is 2.78 bits per heavy atom. The van der Waals surface area contributed by atoms with Gasteiger partial charge in [0.1, 0.15) is 24.7 Å². The van der Waals surface area contributed by atoms with E-state index in [0.29, 0.717) is 24.6 Å². The average molecular weight is 368 g/mol. The lowest BCUT2D eigenvalue weighted by Gasteiger charge is -2.32. The molecule has 142 valence electrons. The number of carbonyl (C=O) groups excluding carboxylic acids is 2. The Morgan fingerprint density at radius 2 is 2.00 bits per heavy atom. The van der Waals surface area contributed by atoms with Crippen LogP contribution in [0.25, 0.3) is 0 Å². The predicted molar refractivity (Wildman–Crippen MR) is 103 cm³/mol. The maximum Gasteiger partial charge on any atom is 0.268 e. The lowest BCUT2D eigenvalue weighted by Crippen LogP contribution is -2.49. The number of nitrogens with one attached hydrogen (secondary N) is 1. The van der Waals surface area contributed by atoms with Crippen molar-refractivity contribution >= 4 is 17.5 Å². The monoisotopic (exact) mass is 368 g/mol. The zero-order chi connectivity index (χ0) is 19.4. The van der Waals surface area contributed by atoms with Gasteiger partial charge in [0.25, 0.3) is 5.91 Å². The summed E-state index contributed by atoms with van der Waals surface area (Å²) in [5.74, 6) is 0.948. The minimum absolute atomic E-state index is 0.0485. The molecular weight excluding hydrogens is 344 g/mol. The van der Waals surface area contributed by atoms with Crippen LogP contribution < -0.4 is 19.7 Å². The number of rotatable bonds is 6. The molecule has 0 aliphatic carbocycles. The van der Waals surface area contributed by atoms with E-state index in [1.54, 1.807) is 19.1 Å². The zero-order valence-electron chi connectivity index (χ0n) is 15.8. The number of para-hydroxylation sites is 2. The number of ether oxygens (including phenoxy) is 2. The molecule has 1 aliphatic rings. The summed E-state index contributed by atoms with van der Waals surface area (Å²) in [4.78, 5) is 26.2. The normalized spacial score (nSPS) is 15.7. The van der Waals surface area contributed by atoms with E-state index in [0.717, 1.165) is 11.3 Å². The molecule has 2 aromatic carbocycles. The van der Waals surface area contributed by atoms with Crippen molar-refractivity contribution in [1.82, 2.24) is 5.32 Å². The SMILES string of the molecule is Cc1ccc(OCCNC(=O)CN2C(=O)C(C)Oc3ccccc32)c(C)c1. The van der Waals surface area contributed by atoms with Crippen LogP contribution in [-0.2, 0) is 9.59 Å². The van der Waals surface area contributed by atoms with Crippen LogP contribution in [0.3, 0.4) is 0 Å². The summed E-state index contributed by atoms with van der Waals surface area (Å²) in [5, 5.41) is 2.80. The van der Waals surface area contributed by atoms with Crippen molar-refractivity contribution in [3.63, 3.8) is 0 Å². The van der Waals surface area contributed by atoms with Crippen molar-refractivity contribution in [3.8, 4) is 11.5 Å². The van der Waals surface area contributed by atoms with Crippen LogP contribution in [-0.4, -0.2) is 37.6 Å². The summed E-state index contributed by atoms with van der Waals surface area (Å²) >= 11 is 0. The number of anilines is 1. The molecule has 2 amide bonds. The fourth-order valence-corrected chi connectivity index (χ4v) is 3.03. The first-order chi connectivity index (χ1) is 13.0. The summed E-state index contributed by atoms with van der Waals surface area (Å²) in [6.07, 6.45) is -0.611. The molecule has 0 fully saturated rings. The van der Waals surface area contributed by atoms with E-state index in [-0.39, 0.29) is 18.4 Å². The van der Waals surface area contributed by atoms with Crippen molar-refractivity contribution in [1.29, 1.82) is 0 Å². The molecule has 6 heteroatoms. The van der Waals surface area contributed by atoms with Crippen LogP contribution in [0.2, 0.25) is 0 Å². The van der Waals surface area contributed by atoms with Crippen LogP contribution in [0.1, 0.15) is 18.1 Å². The Morgan fingerprint density at radius 1 is 1.22 bits per heavy atom. The maximum absolute atomic E-state index is 12.4. The predicted octanol–water partition coefficient (Wildman–Crippen LogP) is 2.61. The molecule has 2 aromatic rings. The van der Waals surface area contributed by atoms with Crippen LogP contribution in [0.15, 0.2) is 42.5 Å². The molecule has 27 heavy (non-hydrogen) atoms. The molecule has 0 saturated carbocycles. The van der Waals surface area contributed by atoms with Crippen LogP contribution in [0.5, 0.6) is 11.5 Å². The quantitative estimate of drug-likeness (QED) is 0.796. The van der Waals surface area contributed by atoms with Gasteiger partial charge in [-0.05, 0) is 44.5 Å². The molecule has 1 aliphatic heterocycles. The molecular formula is C21H24N2O4. The van der Waals surface area contributed by atoms with Crippen LogP contribution in [0.4, 0.5) is 5.69 Å². The number of benzene rings is 2. The van der Waals surface area contributed by atoms with Crippen molar-refractivity contribution in [2.24, 2.45) is 0 Å². The van der Waals surface area contributed by atoms with Gasteiger partial charge in [-0.1, -0.05) is 29.8 Å². The maximum atomic E-state index is 12.4. The third kappa shape index (κ3) is 4.39. The second kappa shape index (κ2) is 8.12. The molecule has 6 nitrogen and oxygen atoms in total. The number of hydrogen-bond donors (Lipinski definition) is 1. The van der Waals surface area contributed by atoms with Crippen molar-refractivity contribution in [3.05, 3.63) is 53.6 Å². The number of fused-ring (bicyclic) bond motifs is 1. The van der Waals surface area contributed by atoms with Crippen molar-refractivity contribution in [2.75, 3.05) is 24.6 Å². The highest BCUT2D eigenvalue weighted by atomic mass is 16.5. The topological polar surface area (TPSA) is 67.9 Å². The second-order valence-electron chi connectivity index (χ2n) is 6.62. The van der Waals surface area contributed by atoms with Gasteiger partial charge in [0.2, 0.25) is 5.91 Å². The van der Waals surface area contributed by atoms with Crippen molar-refractivity contribution in [2.45, 2.75) is 26.9 Å².